The van der Waals surface area contributed by atoms with Crippen LogP contribution in [0, 0.1) is 0 Å². The zero-order valence-electron chi connectivity index (χ0n) is 15.4. The molecular formula is C18H16Cl2N4O4S. The Morgan fingerprint density at radius 3 is 2.41 bits per heavy atom. The van der Waals surface area contributed by atoms with Crippen LogP contribution in [0.25, 0.3) is 0 Å². The number of allylic oxidation sites excluding steroid dienone is 1. The number of hydrogen-bond donors (Lipinski definition) is 2. The molecule has 11 heteroatoms. The molecule has 1 aromatic carbocycles. The average molecular weight is 455 g/mol. The number of rotatable bonds is 4. The molecule has 2 aromatic rings. The Hall–Kier alpha value is -2.62. The Morgan fingerprint density at radius 1 is 1.14 bits per heavy atom. The third kappa shape index (κ3) is 4.52. The second-order valence-electron chi connectivity index (χ2n) is 5.85. The first-order chi connectivity index (χ1) is 13.7. The maximum absolute atomic E-state index is 12.9. The van der Waals surface area contributed by atoms with Crippen molar-refractivity contribution in [3.05, 3.63) is 58.0 Å². The second-order valence-corrected chi connectivity index (χ2v) is 8.17. The van der Waals surface area contributed by atoms with E-state index in [0.717, 1.165) is 0 Å². The lowest BCUT2D eigenvalue weighted by Gasteiger charge is -2.12. The Morgan fingerprint density at radius 2 is 1.79 bits per heavy atom. The number of carbonyl (C=O) groups excluding carboxylic acids is 1. The van der Waals surface area contributed by atoms with Crippen LogP contribution in [0.15, 0.2) is 57.0 Å². The van der Waals surface area contributed by atoms with Crippen molar-refractivity contribution < 1.29 is 17.9 Å². The first-order valence-corrected chi connectivity index (χ1v) is 10.6. The number of ether oxygens (including phenoxy) is 1. The van der Waals surface area contributed by atoms with Gasteiger partial charge in [0.1, 0.15) is 15.6 Å². The number of nitrogens with zero attached hydrogens (tertiary/aromatic N) is 2. The number of carbonyl (C=O) groups is 1. The van der Waals surface area contributed by atoms with E-state index in [0.29, 0.717) is 17.1 Å². The Balaban J connectivity index is 2.18. The predicted octanol–water partition coefficient (Wildman–Crippen LogP) is 3.85. The van der Waals surface area contributed by atoms with Crippen LogP contribution < -0.4 is 10.6 Å². The summed E-state index contributed by atoms with van der Waals surface area (Å²) in [5.74, 6) is -0.934. The summed E-state index contributed by atoms with van der Waals surface area (Å²) in [4.78, 5) is 16.0. The molecule has 1 aromatic heterocycles. The molecule has 0 spiro atoms. The van der Waals surface area contributed by atoms with Gasteiger partial charge in [-0.1, -0.05) is 35.3 Å². The summed E-state index contributed by atoms with van der Waals surface area (Å²) in [5.41, 5.74) is 1.49. The average Bonchev–Trinajstić information content (AvgIpc) is 2.76. The summed E-state index contributed by atoms with van der Waals surface area (Å²) >= 11 is 11.7. The number of anilines is 2. The maximum Gasteiger partial charge on any atom is 0.343 e. The summed E-state index contributed by atoms with van der Waals surface area (Å²) in [5, 5.41) is 5.68. The molecule has 0 bridgehead atoms. The molecule has 1 aliphatic heterocycles. The molecule has 0 saturated carbocycles. The summed E-state index contributed by atoms with van der Waals surface area (Å²) in [7, 11) is -4.33. The summed E-state index contributed by atoms with van der Waals surface area (Å²) in [6.45, 7) is 3.37. The molecule has 1 aliphatic rings. The van der Waals surface area contributed by atoms with Crippen molar-refractivity contribution in [1.29, 1.82) is 0 Å². The summed E-state index contributed by atoms with van der Waals surface area (Å²) < 4.78 is 34.7. The largest absolute Gasteiger partial charge is 0.462 e. The molecule has 2 heterocycles. The van der Waals surface area contributed by atoms with Gasteiger partial charge in [0, 0.05) is 5.70 Å². The first-order valence-electron chi connectivity index (χ1n) is 8.41. The van der Waals surface area contributed by atoms with Crippen LogP contribution in [0.4, 0.5) is 11.4 Å². The van der Waals surface area contributed by atoms with Crippen molar-refractivity contribution in [2.75, 3.05) is 17.2 Å². The minimum Gasteiger partial charge on any atom is -0.462 e. The molecule has 29 heavy (non-hydrogen) atoms. The van der Waals surface area contributed by atoms with Crippen LogP contribution >= 0.6 is 23.2 Å². The van der Waals surface area contributed by atoms with Crippen LogP contribution in [0.2, 0.25) is 10.3 Å². The molecule has 0 radical (unpaired) electrons. The van der Waals surface area contributed by atoms with Crippen molar-refractivity contribution in [3.8, 4) is 0 Å². The van der Waals surface area contributed by atoms with Gasteiger partial charge in [0.05, 0.1) is 18.0 Å². The zero-order valence-corrected chi connectivity index (χ0v) is 17.7. The number of pyridine rings is 1. The first kappa shape index (κ1) is 21.1. The second kappa shape index (κ2) is 8.40. The van der Waals surface area contributed by atoms with E-state index >= 15 is 0 Å². The van der Waals surface area contributed by atoms with E-state index in [1.54, 1.807) is 38.1 Å². The van der Waals surface area contributed by atoms with Crippen molar-refractivity contribution in [1.82, 2.24) is 4.98 Å². The highest BCUT2D eigenvalue weighted by Gasteiger charge is 2.28. The van der Waals surface area contributed by atoms with Gasteiger partial charge in [0.25, 0.3) is 10.0 Å². The number of halogens is 2. The monoisotopic (exact) mass is 454 g/mol. The summed E-state index contributed by atoms with van der Waals surface area (Å²) in [6, 6.07) is 9.51. The van der Waals surface area contributed by atoms with E-state index in [2.05, 4.69) is 20.0 Å². The molecule has 3 rings (SSSR count). The molecule has 0 aliphatic carbocycles. The van der Waals surface area contributed by atoms with E-state index in [1.807, 2.05) is 0 Å². The quantitative estimate of drug-likeness (QED) is 0.532. The van der Waals surface area contributed by atoms with Gasteiger partial charge in [-0.25, -0.2) is 9.78 Å². The van der Waals surface area contributed by atoms with E-state index in [1.165, 1.54) is 12.1 Å². The molecule has 0 saturated heterocycles. The van der Waals surface area contributed by atoms with E-state index < -0.39 is 16.0 Å². The highest BCUT2D eigenvalue weighted by molar-refractivity contribution is 7.90. The number of nitrogens with one attached hydrogen (secondary N) is 2. The highest BCUT2D eigenvalue weighted by Crippen LogP contribution is 2.30. The summed E-state index contributed by atoms with van der Waals surface area (Å²) in [6.07, 6.45) is 0. The minimum atomic E-state index is -4.33. The lowest BCUT2D eigenvalue weighted by Crippen LogP contribution is -2.25. The Labute approximate surface area is 177 Å². The topological polar surface area (TPSA) is 110 Å². The minimum absolute atomic E-state index is 0.0373. The normalized spacial score (nSPS) is 15.2. The fraction of sp³-hybridized carbons (Fsp3) is 0.167. The van der Waals surface area contributed by atoms with Gasteiger partial charge in [-0.15, -0.1) is 4.40 Å². The maximum atomic E-state index is 12.9. The van der Waals surface area contributed by atoms with Crippen LogP contribution in [0.1, 0.15) is 13.8 Å². The molecular weight excluding hydrogens is 439 g/mol. The van der Waals surface area contributed by atoms with Crippen molar-refractivity contribution in [2.45, 2.75) is 18.7 Å². The lowest BCUT2D eigenvalue weighted by atomic mass is 10.2. The van der Waals surface area contributed by atoms with E-state index in [-0.39, 0.29) is 33.2 Å². The van der Waals surface area contributed by atoms with Gasteiger partial charge in [0.2, 0.25) is 0 Å². The molecule has 8 nitrogen and oxygen atoms in total. The number of amidine groups is 1. The fourth-order valence-electron chi connectivity index (χ4n) is 2.62. The standard InChI is InChI=1S/C18H16Cl2N4O4S/c1-3-28-18(25)15-10(2)21-11-6-4-5-7-12(11)22-17(15)24-29(26,27)13-8-9-14(19)23-16(13)20/h4-9,21H,3H2,1-2H3,(H,22,24). The molecule has 2 N–H and O–H groups in total. The molecule has 152 valence electrons. The Bertz CT molecular complexity index is 1150. The third-order valence-electron chi connectivity index (χ3n) is 3.86. The fourth-order valence-corrected chi connectivity index (χ4v) is 4.23. The van der Waals surface area contributed by atoms with Gasteiger partial charge in [-0.3, -0.25) is 0 Å². The number of fused-ring (bicyclic) bond motifs is 1. The van der Waals surface area contributed by atoms with E-state index in [9.17, 15) is 13.2 Å². The van der Waals surface area contributed by atoms with Crippen LogP contribution in [0.5, 0.6) is 0 Å². The molecule has 0 amide bonds. The number of aromatic nitrogens is 1. The molecule has 0 atom stereocenters. The van der Waals surface area contributed by atoms with Gasteiger partial charge >= 0.3 is 5.97 Å². The van der Waals surface area contributed by atoms with Gasteiger partial charge in [0.15, 0.2) is 11.0 Å². The number of benzene rings is 1. The predicted molar refractivity (Wildman–Crippen MR) is 112 cm³/mol. The van der Waals surface area contributed by atoms with Crippen molar-refractivity contribution in [2.24, 2.45) is 4.40 Å². The van der Waals surface area contributed by atoms with Gasteiger partial charge < -0.3 is 15.4 Å². The highest BCUT2D eigenvalue weighted by atomic mass is 35.5. The number of sulfonamides is 1. The van der Waals surface area contributed by atoms with Crippen molar-refractivity contribution >= 4 is 56.4 Å². The molecule has 0 unspecified atom stereocenters. The smallest absolute Gasteiger partial charge is 0.343 e. The van der Waals surface area contributed by atoms with E-state index in [4.69, 9.17) is 27.9 Å². The SMILES string of the molecule is CCOC(=O)C1=C(C)Nc2ccccc2N/C1=N/S(=O)(=O)c1ccc(Cl)nc1Cl. The molecule has 0 fully saturated rings. The van der Waals surface area contributed by atoms with Crippen LogP contribution in [0.3, 0.4) is 0 Å². The third-order valence-corrected chi connectivity index (χ3v) is 5.78. The van der Waals surface area contributed by atoms with Gasteiger partial charge in [-0.2, -0.15) is 8.42 Å². The number of hydrogen-bond acceptors (Lipinski definition) is 6. The number of esters is 1. The zero-order chi connectivity index (χ0) is 21.2. The number of para-hydroxylation sites is 2. The van der Waals surface area contributed by atoms with Crippen LogP contribution in [-0.4, -0.2) is 31.8 Å². The van der Waals surface area contributed by atoms with Crippen molar-refractivity contribution in [3.63, 3.8) is 0 Å². The lowest BCUT2D eigenvalue weighted by molar-refractivity contribution is -0.137. The van der Waals surface area contributed by atoms with Gasteiger partial charge in [-0.05, 0) is 38.1 Å². The Kier molecular flexibility index (Phi) is 6.11. The van der Waals surface area contributed by atoms with Crippen LogP contribution in [-0.2, 0) is 19.6 Å².